The van der Waals surface area contributed by atoms with Crippen LogP contribution < -0.4 is 10.6 Å². The summed E-state index contributed by atoms with van der Waals surface area (Å²) in [6.07, 6.45) is 0.433. The predicted molar refractivity (Wildman–Crippen MR) is 61.1 cm³/mol. The van der Waals surface area contributed by atoms with Gasteiger partial charge in [0.05, 0.1) is 13.2 Å². The molecule has 0 aromatic heterocycles. The number of carbonyl (C=O) groups excluding carboxylic acids is 1. The van der Waals surface area contributed by atoms with Crippen LogP contribution in [0.15, 0.2) is 0 Å². The predicted octanol–water partition coefficient (Wildman–Crippen LogP) is -0.502. The summed E-state index contributed by atoms with van der Waals surface area (Å²) in [5.74, 6) is 0.0929. The Balaban J connectivity index is 2.23. The first-order valence-electron chi connectivity index (χ1n) is 5.84. The molecule has 1 heterocycles. The van der Waals surface area contributed by atoms with E-state index in [0.29, 0.717) is 13.0 Å². The first-order valence-corrected chi connectivity index (χ1v) is 5.84. The number of hydrogen-bond donors (Lipinski definition) is 3. The van der Waals surface area contributed by atoms with Crippen molar-refractivity contribution in [2.75, 3.05) is 26.4 Å². The molecule has 0 saturated carbocycles. The summed E-state index contributed by atoms with van der Waals surface area (Å²) in [7, 11) is 0. The molecular weight excluding hydrogens is 208 g/mol. The fourth-order valence-corrected chi connectivity index (χ4v) is 1.59. The zero-order valence-electron chi connectivity index (χ0n) is 10.0. The van der Waals surface area contributed by atoms with Gasteiger partial charge in [-0.1, -0.05) is 6.92 Å². The molecule has 0 aliphatic carbocycles. The third-order valence-electron chi connectivity index (χ3n) is 2.96. The molecule has 0 bridgehead atoms. The second kappa shape index (κ2) is 6.83. The van der Waals surface area contributed by atoms with Crippen LogP contribution in [0.25, 0.3) is 0 Å². The third-order valence-corrected chi connectivity index (χ3v) is 2.96. The highest BCUT2D eigenvalue weighted by molar-refractivity contribution is 5.76. The second-order valence-electron chi connectivity index (χ2n) is 4.45. The highest BCUT2D eigenvalue weighted by Crippen LogP contribution is 2.03. The SMILES string of the molecule is CC(CO)C(C)NC(=O)CC1COCCN1. The molecule has 94 valence electrons. The molecule has 1 rings (SSSR count). The Hall–Kier alpha value is -0.650. The zero-order chi connectivity index (χ0) is 12.0. The zero-order valence-corrected chi connectivity index (χ0v) is 10.0. The maximum atomic E-state index is 11.7. The molecule has 0 aromatic rings. The van der Waals surface area contributed by atoms with Crippen molar-refractivity contribution in [3.8, 4) is 0 Å². The van der Waals surface area contributed by atoms with E-state index in [9.17, 15) is 4.79 Å². The van der Waals surface area contributed by atoms with E-state index in [-0.39, 0.29) is 30.5 Å². The van der Waals surface area contributed by atoms with E-state index in [0.717, 1.165) is 13.2 Å². The maximum absolute atomic E-state index is 11.7. The molecule has 16 heavy (non-hydrogen) atoms. The van der Waals surface area contributed by atoms with Crippen molar-refractivity contribution in [1.29, 1.82) is 0 Å². The summed E-state index contributed by atoms with van der Waals surface area (Å²) >= 11 is 0. The van der Waals surface area contributed by atoms with Crippen molar-refractivity contribution >= 4 is 5.91 Å². The van der Waals surface area contributed by atoms with Crippen LogP contribution in [0.3, 0.4) is 0 Å². The Bertz CT molecular complexity index is 211. The van der Waals surface area contributed by atoms with E-state index in [1.807, 2.05) is 13.8 Å². The Morgan fingerprint density at radius 3 is 2.94 bits per heavy atom. The van der Waals surface area contributed by atoms with E-state index in [1.54, 1.807) is 0 Å². The number of hydrogen-bond acceptors (Lipinski definition) is 4. The average molecular weight is 230 g/mol. The molecular formula is C11H22N2O3. The summed E-state index contributed by atoms with van der Waals surface area (Å²) in [6.45, 7) is 6.02. The largest absolute Gasteiger partial charge is 0.396 e. The maximum Gasteiger partial charge on any atom is 0.221 e. The smallest absolute Gasteiger partial charge is 0.221 e. The molecule has 3 unspecified atom stereocenters. The quantitative estimate of drug-likeness (QED) is 0.595. The van der Waals surface area contributed by atoms with E-state index in [2.05, 4.69) is 10.6 Å². The first-order chi connectivity index (χ1) is 7.63. The molecule has 1 fully saturated rings. The topological polar surface area (TPSA) is 70.6 Å². The van der Waals surface area contributed by atoms with Gasteiger partial charge in [0.2, 0.25) is 5.91 Å². The van der Waals surface area contributed by atoms with Crippen molar-refractivity contribution in [3.63, 3.8) is 0 Å². The summed E-state index contributed by atoms with van der Waals surface area (Å²) in [5.41, 5.74) is 0. The van der Waals surface area contributed by atoms with Crippen LogP contribution in [0.4, 0.5) is 0 Å². The average Bonchev–Trinajstić information content (AvgIpc) is 2.29. The lowest BCUT2D eigenvalue weighted by atomic mass is 10.0. The normalized spacial score (nSPS) is 24.8. The van der Waals surface area contributed by atoms with Gasteiger partial charge in [0.25, 0.3) is 0 Å². The van der Waals surface area contributed by atoms with E-state index in [1.165, 1.54) is 0 Å². The fourth-order valence-electron chi connectivity index (χ4n) is 1.59. The number of aliphatic hydroxyl groups excluding tert-OH is 1. The van der Waals surface area contributed by atoms with Gasteiger partial charge in [0.15, 0.2) is 0 Å². The van der Waals surface area contributed by atoms with E-state index in [4.69, 9.17) is 9.84 Å². The van der Waals surface area contributed by atoms with Crippen molar-refractivity contribution in [3.05, 3.63) is 0 Å². The van der Waals surface area contributed by atoms with E-state index < -0.39 is 0 Å². The minimum Gasteiger partial charge on any atom is -0.396 e. The lowest BCUT2D eigenvalue weighted by Gasteiger charge is -2.25. The minimum atomic E-state index is 0.00186. The monoisotopic (exact) mass is 230 g/mol. The Kier molecular flexibility index (Phi) is 5.73. The van der Waals surface area contributed by atoms with Crippen molar-refractivity contribution in [2.24, 2.45) is 5.92 Å². The van der Waals surface area contributed by atoms with Gasteiger partial charge in [-0.25, -0.2) is 0 Å². The van der Waals surface area contributed by atoms with Crippen LogP contribution in [0.2, 0.25) is 0 Å². The highest BCUT2D eigenvalue weighted by atomic mass is 16.5. The summed E-state index contributed by atoms with van der Waals surface area (Å²) in [4.78, 5) is 11.7. The molecule has 1 saturated heterocycles. The number of nitrogens with one attached hydrogen (secondary N) is 2. The van der Waals surface area contributed by atoms with Gasteiger partial charge in [-0.2, -0.15) is 0 Å². The molecule has 0 aromatic carbocycles. The molecule has 1 aliphatic heterocycles. The van der Waals surface area contributed by atoms with Crippen LogP contribution in [0.5, 0.6) is 0 Å². The van der Waals surface area contributed by atoms with Gasteiger partial charge >= 0.3 is 0 Å². The van der Waals surface area contributed by atoms with Crippen molar-refractivity contribution in [2.45, 2.75) is 32.4 Å². The summed E-state index contributed by atoms with van der Waals surface area (Å²) < 4.78 is 5.27. The molecule has 5 heteroatoms. The van der Waals surface area contributed by atoms with Crippen LogP contribution in [-0.2, 0) is 9.53 Å². The second-order valence-corrected chi connectivity index (χ2v) is 4.45. The highest BCUT2D eigenvalue weighted by Gasteiger charge is 2.19. The number of ether oxygens (including phenoxy) is 1. The van der Waals surface area contributed by atoms with Gasteiger partial charge in [0.1, 0.15) is 0 Å². The van der Waals surface area contributed by atoms with Gasteiger partial charge in [-0.3, -0.25) is 4.79 Å². The molecule has 3 N–H and O–H groups in total. The lowest BCUT2D eigenvalue weighted by molar-refractivity contribution is -0.123. The molecule has 5 nitrogen and oxygen atoms in total. The van der Waals surface area contributed by atoms with Crippen LogP contribution in [-0.4, -0.2) is 49.5 Å². The molecule has 1 aliphatic rings. The van der Waals surface area contributed by atoms with E-state index >= 15 is 0 Å². The third kappa shape index (κ3) is 4.47. The Morgan fingerprint density at radius 2 is 2.38 bits per heavy atom. The Labute approximate surface area is 96.6 Å². The molecule has 0 radical (unpaired) electrons. The first kappa shape index (κ1) is 13.4. The van der Waals surface area contributed by atoms with Crippen molar-refractivity contribution in [1.82, 2.24) is 10.6 Å². The van der Waals surface area contributed by atoms with Gasteiger partial charge in [-0.05, 0) is 12.8 Å². The van der Waals surface area contributed by atoms with Crippen LogP contribution in [0.1, 0.15) is 20.3 Å². The van der Waals surface area contributed by atoms with Gasteiger partial charge in [-0.15, -0.1) is 0 Å². The molecule has 1 amide bonds. The summed E-state index contributed by atoms with van der Waals surface area (Å²) in [5, 5.41) is 15.1. The molecule has 3 atom stereocenters. The minimum absolute atomic E-state index is 0.00186. The summed E-state index contributed by atoms with van der Waals surface area (Å²) in [6, 6.07) is 0.118. The standard InChI is InChI=1S/C11H22N2O3/c1-8(6-14)9(2)13-11(15)5-10-7-16-4-3-12-10/h8-10,12,14H,3-7H2,1-2H3,(H,13,15). The van der Waals surface area contributed by atoms with Crippen LogP contribution >= 0.6 is 0 Å². The van der Waals surface area contributed by atoms with Gasteiger partial charge in [0, 0.05) is 31.7 Å². The number of morpholine rings is 1. The van der Waals surface area contributed by atoms with Crippen molar-refractivity contribution < 1.29 is 14.6 Å². The number of carbonyl (C=O) groups is 1. The van der Waals surface area contributed by atoms with Crippen LogP contribution in [0, 0.1) is 5.92 Å². The lowest BCUT2D eigenvalue weighted by Crippen LogP contribution is -2.46. The molecule has 0 spiro atoms. The number of rotatable bonds is 5. The Morgan fingerprint density at radius 1 is 1.62 bits per heavy atom. The number of aliphatic hydroxyl groups is 1. The fraction of sp³-hybridized carbons (Fsp3) is 0.909. The van der Waals surface area contributed by atoms with Gasteiger partial charge < -0.3 is 20.5 Å². The number of amides is 1.